The monoisotopic (exact) mass is 238 g/mol. The SMILES string of the molecule is CCC1CCCN(c2ccc(N)cc2Cl)C1. The van der Waals surface area contributed by atoms with E-state index in [-0.39, 0.29) is 0 Å². The number of nitrogen functional groups attached to an aromatic ring is 1. The molecule has 0 saturated carbocycles. The normalized spacial score (nSPS) is 21.1. The summed E-state index contributed by atoms with van der Waals surface area (Å²) in [7, 11) is 0. The van der Waals surface area contributed by atoms with Crippen LogP contribution in [-0.2, 0) is 0 Å². The largest absolute Gasteiger partial charge is 0.399 e. The van der Waals surface area contributed by atoms with Gasteiger partial charge in [0.2, 0.25) is 0 Å². The Bertz CT molecular complexity index is 365. The van der Waals surface area contributed by atoms with Crippen molar-refractivity contribution < 1.29 is 0 Å². The Labute approximate surface area is 102 Å². The van der Waals surface area contributed by atoms with Crippen molar-refractivity contribution in [1.82, 2.24) is 0 Å². The molecule has 0 spiro atoms. The van der Waals surface area contributed by atoms with Gasteiger partial charge in [-0.1, -0.05) is 24.9 Å². The minimum Gasteiger partial charge on any atom is -0.399 e. The first-order chi connectivity index (χ1) is 7.70. The molecule has 1 atom stereocenters. The molecule has 0 aromatic heterocycles. The van der Waals surface area contributed by atoms with E-state index >= 15 is 0 Å². The maximum Gasteiger partial charge on any atom is 0.0660 e. The molecule has 0 bridgehead atoms. The van der Waals surface area contributed by atoms with Crippen LogP contribution in [0.5, 0.6) is 0 Å². The second kappa shape index (κ2) is 4.96. The Balaban J connectivity index is 2.16. The highest BCUT2D eigenvalue weighted by Gasteiger charge is 2.20. The third kappa shape index (κ3) is 2.43. The van der Waals surface area contributed by atoms with Crippen molar-refractivity contribution in [3.8, 4) is 0 Å². The molecule has 1 saturated heterocycles. The lowest BCUT2D eigenvalue weighted by atomic mass is 9.95. The van der Waals surface area contributed by atoms with Crippen molar-refractivity contribution in [2.45, 2.75) is 26.2 Å². The third-order valence-corrected chi connectivity index (χ3v) is 3.71. The van der Waals surface area contributed by atoms with Gasteiger partial charge in [-0.25, -0.2) is 0 Å². The van der Waals surface area contributed by atoms with E-state index in [0.29, 0.717) is 0 Å². The number of hydrogen-bond acceptors (Lipinski definition) is 2. The number of nitrogens with zero attached hydrogens (tertiary/aromatic N) is 1. The van der Waals surface area contributed by atoms with Gasteiger partial charge in [-0.3, -0.25) is 0 Å². The smallest absolute Gasteiger partial charge is 0.0660 e. The number of anilines is 2. The third-order valence-electron chi connectivity index (χ3n) is 3.41. The predicted molar refractivity (Wildman–Crippen MR) is 71.1 cm³/mol. The molecule has 1 aliphatic heterocycles. The van der Waals surface area contributed by atoms with Crippen LogP contribution in [0, 0.1) is 5.92 Å². The van der Waals surface area contributed by atoms with Gasteiger partial charge in [0.1, 0.15) is 0 Å². The van der Waals surface area contributed by atoms with Crippen molar-refractivity contribution >= 4 is 23.0 Å². The molecule has 1 fully saturated rings. The van der Waals surface area contributed by atoms with Gasteiger partial charge in [-0.2, -0.15) is 0 Å². The fourth-order valence-electron chi connectivity index (χ4n) is 2.40. The van der Waals surface area contributed by atoms with Crippen LogP contribution in [0.1, 0.15) is 26.2 Å². The minimum absolute atomic E-state index is 0.734. The van der Waals surface area contributed by atoms with Crippen molar-refractivity contribution in [1.29, 1.82) is 0 Å². The van der Waals surface area contributed by atoms with Crippen LogP contribution >= 0.6 is 11.6 Å². The number of benzene rings is 1. The van der Waals surface area contributed by atoms with E-state index in [2.05, 4.69) is 11.8 Å². The summed E-state index contributed by atoms with van der Waals surface area (Å²) in [4.78, 5) is 2.39. The van der Waals surface area contributed by atoms with E-state index in [9.17, 15) is 0 Å². The highest BCUT2D eigenvalue weighted by atomic mass is 35.5. The Morgan fingerprint density at radius 1 is 1.50 bits per heavy atom. The molecule has 1 heterocycles. The maximum atomic E-state index is 6.23. The zero-order valence-electron chi connectivity index (χ0n) is 9.75. The average Bonchev–Trinajstić information content (AvgIpc) is 2.29. The van der Waals surface area contributed by atoms with E-state index in [1.807, 2.05) is 18.2 Å². The molecule has 1 unspecified atom stereocenters. The van der Waals surface area contributed by atoms with E-state index in [0.717, 1.165) is 35.4 Å². The van der Waals surface area contributed by atoms with Gasteiger partial charge in [-0.05, 0) is 37.0 Å². The highest BCUT2D eigenvalue weighted by molar-refractivity contribution is 6.33. The number of piperidine rings is 1. The van der Waals surface area contributed by atoms with E-state index in [4.69, 9.17) is 17.3 Å². The summed E-state index contributed by atoms with van der Waals surface area (Å²) in [6.45, 7) is 4.50. The van der Waals surface area contributed by atoms with E-state index < -0.39 is 0 Å². The summed E-state index contributed by atoms with van der Waals surface area (Å²) in [5.74, 6) is 0.808. The van der Waals surface area contributed by atoms with Crippen molar-refractivity contribution in [2.75, 3.05) is 23.7 Å². The number of nitrogens with two attached hydrogens (primary N) is 1. The molecule has 0 amide bonds. The predicted octanol–water partition coefficient (Wildman–Crippen LogP) is 3.55. The zero-order valence-corrected chi connectivity index (χ0v) is 10.5. The molecule has 2 rings (SSSR count). The molecule has 3 heteroatoms. The quantitative estimate of drug-likeness (QED) is 0.799. The number of hydrogen-bond donors (Lipinski definition) is 1. The van der Waals surface area contributed by atoms with Crippen LogP contribution in [0.4, 0.5) is 11.4 Å². The van der Waals surface area contributed by atoms with Gasteiger partial charge in [0.25, 0.3) is 0 Å². The van der Waals surface area contributed by atoms with Crippen LogP contribution in [0.25, 0.3) is 0 Å². The van der Waals surface area contributed by atoms with Gasteiger partial charge in [0.15, 0.2) is 0 Å². The lowest BCUT2D eigenvalue weighted by Crippen LogP contribution is -2.35. The first-order valence-electron chi connectivity index (χ1n) is 6.00. The summed E-state index contributed by atoms with van der Waals surface area (Å²) < 4.78 is 0. The summed E-state index contributed by atoms with van der Waals surface area (Å²) in [6.07, 6.45) is 3.86. The minimum atomic E-state index is 0.734. The van der Waals surface area contributed by atoms with Crippen LogP contribution in [0.2, 0.25) is 5.02 Å². The lowest BCUT2D eigenvalue weighted by Gasteiger charge is -2.34. The van der Waals surface area contributed by atoms with Gasteiger partial charge < -0.3 is 10.6 Å². The Morgan fingerprint density at radius 2 is 2.31 bits per heavy atom. The zero-order chi connectivity index (χ0) is 11.5. The summed E-state index contributed by atoms with van der Waals surface area (Å²) in [5.41, 5.74) is 7.57. The van der Waals surface area contributed by atoms with Crippen LogP contribution < -0.4 is 10.6 Å². The van der Waals surface area contributed by atoms with Gasteiger partial charge in [0.05, 0.1) is 10.7 Å². The van der Waals surface area contributed by atoms with Crippen molar-refractivity contribution in [3.05, 3.63) is 23.2 Å². The molecular formula is C13H19ClN2. The van der Waals surface area contributed by atoms with Gasteiger partial charge in [0, 0.05) is 18.8 Å². The van der Waals surface area contributed by atoms with Crippen LogP contribution in [0.15, 0.2) is 18.2 Å². The number of rotatable bonds is 2. The molecule has 0 aliphatic carbocycles. The number of halogens is 1. The molecular weight excluding hydrogens is 220 g/mol. The topological polar surface area (TPSA) is 29.3 Å². The van der Waals surface area contributed by atoms with Crippen molar-refractivity contribution in [3.63, 3.8) is 0 Å². The molecule has 1 aliphatic rings. The molecule has 2 N–H and O–H groups in total. The molecule has 0 radical (unpaired) electrons. The lowest BCUT2D eigenvalue weighted by molar-refractivity contribution is 0.405. The second-order valence-electron chi connectivity index (χ2n) is 4.57. The molecule has 1 aromatic rings. The second-order valence-corrected chi connectivity index (χ2v) is 4.98. The maximum absolute atomic E-state index is 6.23. The molecule has 1 aromatic carbocycles. The molecule has 16 heavy (non-hydrogen) atoms. The standard InChI is InChI=1S/C13H19ClN2/c1-2-10-4-3-7-16(9-10)13-6-5-11(15)8-12(13)14/h5-6,8,10H,2-4,7,9,15H2,1H3. The Kier molecular flexibility index (Phi) is 3.59. The van der Waals surface area contributed by atoms with Crippen LogP contribution in [0.3, 0.4) is 0 Å². The Hall–Kier alpha value is -0.890. The molecule has 2 nitrogen and oxygen atoms in total. The highest BCUT2D eigenvalue weighted by Crippen LogP contribution is 2.31. The first-order valence-corrected chi connectivity index (χ1v) is 6.38. The summed E-state index contributed by atoms with van der Waals surface area (Å²) in [5, 5.41) is 0.775. The van der Waals surface area contributed by atoms with E-state index in [1.165, 1.54) is 19.3 Å². The Morgan fingerprint density at radius 3 is 3.00 bits per heavy atom. The first kappa shape index (κ1) is 11.6. The van der Waals surface area contributed by atoms with Gasteiger partial charge >= 0.3 is 0 Å². The fourth-order valence-corrected chi connectivity index (χ4v) is 2.71. The van der Waals surface area contributed by atoms with E-state index in [1.54, 1.807) is 0 Å². The van der Waals surface area contributed by atoms with Crippen LogP contribution in [-0.4, -0.2) is 13.1 Å². The average molecular weight is 239 g/mol. The summed E-state index contributed by atoms with van der Waals surface area (Å²) >= 11 is 6.23. The summed E-state index contributed by atoms with van der Waals surface area (Å²) in [6, 6.07) is 5.80. The van der Waals surface area contributed by atoms with Crippen molar-refractivity contribution in [2.24, 2.45) is 5.92 Å². The fraction of sp³-hybridized carbons (Fsp3) is 0.538. The molecule has 88 valence electrons. The van der Waals surface area contributed by atoms with Gasteiger partial charge in [-0.15, -0.1) is 0 Å².